The number of fused-ring (bicyclic) bond motifs is 2. The van der Waals surface area contributed by atoms with E-state index in [9.17, 15) is 0 Å². The van der Waals surface area contributed by atoms with Gasteiger partial charge in [-0.3, -0.25) is 5.01 Å². The SMILES string of the molecule is C/C=C/N(Cc1ccc2[nH]c(Cc3ccc4[nH]cc(CCN(C)C)c4c3)c(CCN(C)C)c2c1)/N=C\N. The number of nitrogens with zero attached hydrogens (tertiary/aromatic N) is 4. The number of likely N-dealkylation sites (N-methyl/N-ethyl adjacent to an activating group) is 2. The lowest BCUT2D eigenvalue weighted by Crippen LogP contribution is -2.15. The minimum Gasteiger partial charge on any atom is -0.388 e. The molecule has 0 saturated carbocycles. The minimum absolute atomic E-state index is 0.668. The van der Waals surface area contributed by atoms with Gasteiger partial charge in [-0.05, 0) is 94.5 Å². The van der Waals surface area contributed by atoms with Gasteiger partial charge in [0.15, 0.2) is 0 Å². The van der Waals surface area contributed by atoms with Gasteiger partial charge in [-0.1, -0.05) is 18.2 Å². The van der Waals surface area contributed by atoms with Crippen LogP contribution >= 0.6 is 0 Å². The second-order valence-corrected chi connectivity index (χ2v) is 10.3. The van der Waals surface area contributed by atoms with Gasteiger partial charge in [-0.25, -0.2) is 0 Å². The van der Waals surface area contributed by atoms with E-state index in [1.54, 1.807) is 0 Å². The van der Waals surface area contributed by atoms with E-state index < -0.39 is 0 Å². The molecule has 0 aliphatic carbocycles. The largest absolute Gasteiger partial charge is 0.388 e. The van der Waals surface area contributed by atoms with Gasteiger partial charge in [0.1, 0.15) is 6.34 Å². The van der Waals surface area contributed by atoms with Crippen molar-refractivity contribution in [2.45, 2.75) is 32.7 Å². The highest BCUT2D eigenvalue weighted by atomic mass is 15.4. The van der Waals surface area contributed by atoms with Crippen molar-refractivity contribution in [2.75, 3.05) is 41.3 Å². The zero-order valence-electron chi connectivity index (χ0n) is 22.9. The summed E-state index contributed by atoms with van der Waals surface area (Å²) in [5.41, 5.74) is 14.5. The Morgan fingerprint density at radius 2 is 1.59 bits per heavy atom. The van der Waals surface area contributed by atoms with Crippen LogP contribution in [0.15, 0.2) is 60.0 Å². The summed E-state index contributed by atoms with van der Waals surface area (Å²) in [4.78, 5) is 11.7. The molecule has 37 heavy (non-hydrogen) atoms. The van der Waals surface area contributed by atoms with Crippen LogP contribution in [0.5, 0.6) is 0 Å². The number of aromatic nitrogens is 2. The molecule has 0 saturated heterocycles. The molecular weight excluding hydrogens is 458 g/mol. The second-order valence-electron chi connectivity index (χ2n) is 10.3. The maximum atomic E-state index is 5.56. The quantitative estimate of drug-likeness (QED) is 0.150. The molecule has 2 aromatic heterocycles. The van der Waals surface area contributed by atoms with E-state index in [0.29, 0.717) is 6.54 Å². The number of allylic oxidation sites excluding steroid dienone is 1. The molecule has 0 spiro atoms. The van der Waals surface area contributed by atoms with Crippen molar-refractivity contribution < 1.29 is 0 Å². The molecule has 0 radical (unpaired) electrons. The molecule has 0 bridgehead atoms. The van der Waals surface area contributed by atoms with Crippen LogP contribution in [-0.4, -0.2) is 72.4 Å². The van der Waals surface area contributed by atoms with E-state index in [1.807, 2.05) is 24.2 Å². The maximum absolute atomic E-state index is 5.56. The Bertz CT molecular complexity index is 1360. The van der Waals surface area contributed by atoms with Gasteiger partial charge in [0.25, 0.3) is 0 Å². The first-order chi connectivity index (χ1) is 17.9. The molecule has 7 nitrogen and oxygen atoms in total. The van der Waals surface area contributed by atoms with Crippen molar-refractivity contribution in [3.05, 3.63) is 82.8 Å². The van der Waals surface area contributed by atoms with Crippen LogP contribution in [0.4, 0.5) is 0 Å². The number of aromatic amines is 2. The van der Waals surface area contributed by atoms with Crippen molar-refractivity contribution in [3.63, 3.8) is 0 Å². The molecule has 2 heterocycles. The van der Waals surface area contributed by atoms with Crippen LogP contribution < -0.4 is 5.73 Å². The number of nitrogens with one attached hydrogen (secondary N) is 2. The number of hydrogen-bond donors (Lipinski definition) is 3. The number of H-pyrrole nitrogens is 2. The average molecular weight is 500 g/mol. The summed E-state index contributed by atoms with van der Waals surface area (Å²) in [6, 6.07) is 13.5. The number of hydrazone groups is 1. The molecule has 2 aromatic carbocycles. The zero-order chi connectivity index (χ0) is 26.4. The van der Waals surface area contributed by atoms with Crippen LogP contribution in [0.1, 0.15) is 34.9 Å². The lowest BCUT2D eigenvalue weighted by atomic mass is 9.99. The zero-order valence-corrected chi connectivity index (χ0v) is 22.9. The summed E-state index contributed by atoms with van der Waals surface area (Å²) < 4.78 is 0. The Morgan fingerprint density at radius 1 is 0.892 bits per heavy atom. The first-order valence-electron chi connectivity index (χ1n) is 13.0. The smallest absolute Gasteiger partial charge is 0.106 e. The summed E-state index contributed by atoms with van der Waals surface area (Å²) in [6.07, 6.45) is 10.3. The van der Waals surface area contributed by atoms with Crippen LogP contribution in [0.25, 0.3) is 21.8 Å². The van der Waals surface area contributed by atoms with Crippen molar-refractivity contribution >= 4 is 28.1 Å². The Hall–Kier alpha value is -3.55. The van der Waals surface area contributed by atoms with Gasteiger partial charge in [0.2, 0.25) is 0 Å². The van der Waals surface area contributed by atoms with Gasteiger partial charge < -0.3 is 25.5 Å². The molecule has 7 heteroatoms. The monoisotopic (exact) mass is 499 g/mol. The van der Waals surface area contributed by atoms with E-state index >= 15 is 0 Å². The Morgan fingerprint density at radius 3 is 2.32 bits per heavy atom. The van der Waals surface area contributed by atoms with E-state index in [0.717, 1.165) is 32.4 Å². The van der Waals surface area contributed by atoms with Crippen molar-refractivity contribution in [2.24, 2.45) is 10.8 Å². The molecule has 4 rings (SSSR count). The fourth-order valence-electron chi connectivity index (χ4n) is 4.89. The Kier molecular flexibility index (Phi) is 8.69. The molecule has 0 fully saturated rings. The number of benzene rings is 2. The fraction of sp³-hybridized carbons (Fsp3) is 0.367. The summed E-state index contributed by atoms with van der Waals surface area (Å²) in [7, 11) is 8.52. The summed E-state index contributed by atoms with van der Waals surface area (Å²) in [6.45, 7) is 4.69. The van der Waals surface area contributed by atoms with E-state index in [1.165, 1.54) is 56.1 Å². The lowest BCUT2D eigenvalue weighted by Gasteiger charge is -2.14. The van der Waals surface area contributed by atoms with Gasteiger partial charge in [-0.15, -0.1) is 0 Å². The predicted octanol–water partition coefficient (Wildman–Crippen LogP) is 4.69. The van der Waals surface area contributed by atoms with Crippen molar-refractivity contribution in [1.82, 2.24) is 24.8 Å². The van der Waals surface area contributed by atoms with Gasteiger partial charge >= 0.3 is 0 Å². The van der Waals surface area contributed by atoms with E-state index in [2.05, 4.69) is 95.7 Å². The third kappa shape index (κ3) is 6.61. The highest BCUT2D eigenvalue weighted by Gasteiger charge is 2.15. The molecule has 0 unspecified atom stereocenters. The summed E-state index contributed by atoms with van der Waals surface area (Å²) in [5.74, 6) is 0. The number of nitrogens with two attached hydrogens (primary N) is 1. The van der Waals surface area contributed by atoms with Crippen molar-refractivity contribution in [1.29, 1.82) is 0 Å². The van der Waals surface area contributed by atoms with Crippen LogP contribution in [0.3, 0.4) is 0 Å². The number of rotatable bonds is 12. The molecule has 0 atom stereocenters. The van der Waals surface area contributed by atoms with E-state index in [4.69, 9.17) is 5.73 Å². The Labute approximate surface area is 220 Å². The fourth-order valence-corrected chi connectivity index (χ4v) is 4.89. The summed E-state index contributed by atoms with van der Waals surface area (Å²) in [5, 5.41) is 8.74. The third-order valence-electron chi connectivity index (χ3n) is 6.79. The molecular formula is C30H41N7. The van der Waals surface area contributed by atoms with Crippen LogP contribution in [0.2, 0.25) is 0 Å². The summed E-state index contributed by atoms with van der Waals surface area (Å²) >= 11 is 0. The maximum Gasteiger partial charge on any atom is 0.106 e. The second kappa shape index (κ2) is 12.1. The number of hydrogen-bond acceptors (Lipinski definition) is 4. The molecule has 0 aliphatic rings. The minimum atomic E-state index is 0.668. The molecule has 0 aliphatic heterocycles. The first-order valence-corrected chi connectivity index (χ1v) is 13.0. The first kappa shape index (κ1) is 26.5. The molecule has 0 amide bonds. The van der Waals surface area contributed by atoms with Crippen molar-refractivity contribution in [3.8, 4) is 0 Å². The molecule has 196 valence electrons. The topological polar surface area (TPSA) is 79.7 Å². The average Bonchev–Trinajstić information content (AvgIpc) is 3.41. The molecule has 4 N–H and O–H groups in total. The molecule has 4 aromatic rings. The normalized spacial score (nSPS) is 12.4. The lowest BCUT2D eigenvalue weighted by molar-refractivity contribution is 0.393. The van der Waals surface area contributed by atoms with E-state index in [-0.39, 0.29) is 0 Å². The van der Waals surface area contributed by atoms with Gasteiger partial charge in [-0.2, -0.15) is 5.10 Å². The standard InChI is InChI=1S/C30H41N7/c1-6-13-37(33-21-31)20-23-8-10-29-27(17-23)25(12-15-36(4)5)30(34-29)18-22-7-9-28-26(16-22)24(19-32-28)11-14-35(2)3/h6-10,13,16-17,19,21,32,34H,11-12,14-15,18,20H2,1-5H3,(H2,31,33)/b13-6+. The Balaban J connectivity index is 1.67. The highest BCUT2D eigenvalue weighted by Crippen LogP contribution is 2.28. The van der Waals surface area contributed by atoms with Crippen LogP contribution in [0, 0.1) is 0 Å². The third-order valence-corrected chi connectivity index (χ3v) is 6.79. The van der Waals surface area contributed by atoms with Gasteiger partial charge in [0.05, 0.1) is 6.54 Å². The van der Waals surface area contributed by atoms with Crippen LogP contribution in [-0.2, 0) is 25.8 Å². The highest BCUT2D eigenvalue weighted by molar-refractivity contribution is 5.86. The van der Waals surface area contributed by atoms with Gasteiger partial charge in [0, 0.05) is 59.4 Å². The predicted molar refractivity (Wildman–Crippen MR) is 157 cm³/mol.